The van der Waals surface area contributed by atoms with Crippen LogP contribution in [0.3, 0.4) is 0 Å². The van der Waals surface area contributed by atoms with Gasteiger partial charge in [-0.25, -0.2) is 0 Å². The van der Waals surface area contributed by atoms with E-state index in [0.29, 0.717) is 0 Å². The quantitative estimate of drug-likeness (QED) is 0.174. The molecule has 0 amide bonds. The fourth-order valence-electron chi connectivity index (χ4n) is 10.4. The molecule has 3 heteroatoms. The third kappa shape index (κ3) is 5.00. The first-order valence-electron chi connectivity index (χ1n) is 21.2. The Hall–Kier alpha value is -8.14. The number of hydrogen-bond donors (Lipinski definition) is 0. The van der Waals surface area contributed by atoms with Gasteiger partial charge in [-0.2, -0.15) is 0 Å². The van der Waals surface area contributed by atoms with Gasteiger partial charge in [-0.1, -0.05) is 170 Å². The van der Waals surface area contributed by atoms with Crippen molar-refractivity contribution in [1.82, 2.24) is 0 Å². The molecule has 0 radical (unpaired) electrons. The van der Waals surface area contributed by atoms with Crippen molar-refractivity contribution in [1.29, 1.82) is 0 Å². The third-order valence-corrected chi connectivity index (χ3v) is 13.1. The van der Waals surface area contributed by atoms with Gasteiger partial charge in [-0.05, 0) is 98.2 Å². The summed E-state index contributed by atoms with van der Waals surface area (Å²) < 4.78 is 13.9. The molecule has 0 bridgehead atoms. The van der Waals surface area contributed by atoms with Crippen LogP contribution in [0.4, 0.5) is 17.1 Å². The summed E-state index contributed by atoms with van der Waals surface area (Å²) in [5, 5.41) is 4.52. The minimum atomic E-state index is -0.548. The molecule has 290 valence electrons. The van der Waals surface area contributed by atoms with Crippen LogP contribution < -0.4 is 9.64 Å². The fourth-order valence-corrected chi connectivity index (χ4v) is 10.4. The van der Waals surface area contributed by atoms with Crippen LogP contribution in [0.15, 0.2) is 229 Å². The van der Waals surface area contributed by atoms with E-state index < -0.39 is 5.41 Å². The van der Waals surface area contributed by atoms with Gasteiger partial charge in [0.2, 0.25) is 0 Å². The molecule has 1 aromatic heterocycles. The molecule has 2 heterocycles. The first-order valence-corrected chi connectivity index (χ1v) is 21.2. The van der Waals surface area contributed by atoms with E-state index in [-0.39, 0.29) is 0 Å². The molecule has 0 N–H and O–H groups in total. The normalized spacial score (nSPS) is 13.1. The molecular formula is C59H37NO2. The molecule has 62 heavy (non-hydrogen) atoms. The van der Waals surface area contributed by atoms with Gasteiger partial charge < -0.3 is 14.1 Å². The lowest BCUT2D eigenvalue weighted by Crippen LogP contribution is -2.32. The zero-order valence-corrected chi connectivity index (χ0v) is 33.6. The number of nitrogens with zero attached hydrogens (tertiary/aromatic N) is 1. The first kappa shape index (κ1) is 34.7. The van der Waals surface area contributed by atoms with Crippen LogP contribution in [-0.2, 0) is 5.41 Å². The smallest absolute Gasteiger partial charge is 0.145 e. The van der Waals surface area contributed by atoms with Crippen LogP contribution in [0.2, 0.25) is 0 Å². The van der Waals surface area contributed by atoms with E-state index in [9.17, 15) is 0 Å². The number of para-hydroxylation sites is 2. The zero-order valence-electron chi connectivity index (χ0n) is 33.6. The predicted octanol–water partition coefficient (Wildman–Crippen LogP) is 16.0. The predicted molar refractivity (Wildman–Crippen MR) is 254 cm³/mol. The van der Waals surface area contributed by atoms with Gasteiger partial charge in [-0.3, -0.25) is 0 Å². The van der Waals surface area contributed by atoms with E-state index in [1.165, 1.54) is 38.6 Å². The lowest BCUT2D eigenvalue weighted by molar-refractivity contribution is 0.436. The number of hydrogen-bond acceptors (Lipinski definition) is 3. The second-order valence-electron chi connectivity index (χ2n) is 16.4. The van der Waals surface area contributed by atoms with Crippen LogP contribution in [0.25, 0.3) is 66.1 Å². The van der Waals surface area contributed by atoms with Gasteiger partial charge in [0.05, 0.1) is 16.5 Å². The van der Waals surface area contributed by atoms with Crippen molar-refractivity contribution in [3.05, 3.63) is 247 Å². The average Bonchev–Trinajstić information content (AvgIpc) is 3.87. The number of benzene rings is 10. The number of ether oxygens (including phenoxy) is 1. The van der Waals surface area contributed by atoms with Crippen molar-refractivity contribution < 1.29 is 9.15 Å². The highest BCUT2D eigenvalue weighted by atomic mass is 16.5. The van der Waals surface area contributed by atoms with Gasteiger partial charge in [0.25, 0.3) is 0 Å². The summed E-state index contributed by atoms with van der Waals surface area (Å²) in [5.41, 5.74) is 16.0. The Bertz CT molecular complexity index is 3520. The molecule has 13 rings (SSSR count). The van der Waals surface area contributed by atoms with E-state index in [0.717, 1.165) is 78.3 Å². The Balaban J connectivity index is 1.06. The van der Waals surface area contributed by atoms with Gasteiger partial charge >= 0.3 is 0 Å². The van der Waals surface area contributed by atoms with Crippen molar-refractivity contribution in [3.63, 3.8) is 0 Å². The number of anilines is 3. The monoisotopic (exact) mass is 791 g/mol. The maximum absolute atomic E-state index is 7.04. The number of furan rings is 1. The van der Waals surface area contributed by atoms with Gasteiger partial charge in [0, 0.05) is 39.5 Å². The van der Waals surface area contributed by atoms with Crippen molar-refractivity contribution in [2.24, 2.45) is 0 Å². The molecule has 1 spiro atoms. The summed E-state index contributed by atoms with van der Waals surface area (Å²) in [6.45, 7) is 0. The molecular weight excluding hydrogens is 755 g/mol. The zero-order chi connectivity index (χ0) is 40.8. The Morgan fingerprint density at radius 1 is 0.371 bits per heavy atom. The van der Waals surface area contributed by atoms with Gasteiger partial charge in [0.15, 0.2) is 0 Å². The second kappa shape index (κ2) is 13.4. The first-order chi connectivity index (χ1) is 30.7. The molecule has 10 aromatic carbocycles. The van der Waals surface area contributed by atoms with Crippen LogP contribution in [0, 0.1) is 0 Å². The molecule has 1 aliphatic heterocycles. The lowest BCUT2D eigenvalue weighted by atomic mass is 9.66. The molecule has 0 saturated heterocycles. The maximum atomic E-state index is 7.04. The van der Waals surface area contributed by atoms with E-state index in [2.05, 4.69) is 223 Å². The van der Waals surface area contributed by atoms with Crippen LogP contribution >= 0.6 is 0 Å². The highest BCUT2D eigenvalue weighted by Gasteiger charge is 2.51. The molecule has 0 unspecified atom stereocenters. The van der Waals surface area contributed by atoms with E-state index in [1.807, 2.05) is 6.07 Å². The SMILES string of the molecule is c1ccc(-c2ccc(N(c3ccc4c(c3)Oc3ccccc3C43c4ccccc4-c4ccccc43)c3ccc(-c4ccc5ccccc5c4)c4oc5ccccc5c34)cc2)cc1. The molecule has 2 aliphatic rings. The van der Waals surface area contributed by atoms with Crippen molar-refractivity contribution in [3.8, 4) is 44.9 Å². The minimum Gasteiger partial charge on any atom is -0.457 e. The van der Waals surface area contributed by atoms with Gasteiger partial charge in [0.1, 0.15) is 22.7 Å². The lowest BCUT2D eigenvalue weighted by Gasteiger charge is -2.40. The van der Waals surface area contributed by atoms with E-state index >= 15 is 0 Å². The Labute approximate surface area is 359 Å². The highest BCUT2D eigenvalue weighted by Crippen LogP contribution is 2.62. The Morgan fingerprint density at radius 2 is 0.984 bits per heavy atom. The fraction of sp³-hybridized carbons (Fsp3) is 0.0169. The molecule has 1 aliphatic carbocycles. The molecule has 0 fully saturated rings. The Morgan fingerprint density at radius 3 is 1.79 bits per heavy atom. The molecule has 0 atom stereocenters. The topological polar surface area (TPSA) is 25.6 Å². The van der Waals surface area contributed by atoms with Crippen LogP contribution in [-0.4, -0.2) is 0 Å². The molecule has 3 nitrogen and oxygen atoms in total. The maximum Gasteiger partial charge on any atom is 0.145 e. The molecule has 11 aromatic rings. The number of fused-ring (bicyclic) bond motifs is 13. The summed E-state index contributed by atoms with van der Waals surface area (Å²) in [5.74, 6) is 1.70. The van der Waals surface area contributed by atoms with Crippen molar-refractivity contribution in [2.75, 3.05) is 4.90 Å². The van der Waals surface area contributed by atoms with Crippen LogP contribution in [0.5, 0.6) is 11.5 Å². The average molecular weight is 792 g/mol. The highest BCUT2D eigenvalue weighted by molar-refractivity contribution is 6.17. The standard InChI is InChI=1S/C59H37NO2/c1-2-14-38(15-3-1)40-28-30-43(31-29-40)60(53-35-33-45(42-27-26-39-16-4-5-17-41(39)36-42)58-57(53)48-20-8-12-24-54(48)62-58)44-32-34-52-56(37-44)61-55-25-13-11-23-51(55)59(52)49-21-9-6-18-46(49)47-19-7-10-22-50(47)59/h1-37H. The largest absolute Gasteiger partial charge is 0.457 e. The van der Waals surface area contributed by atoms with E-state index in [4.69, 9.17) is 9.15 Å². The summed E-state index contributed by atoms with van der Waals surface area (Å²) in [6.07, 6.45) is 0. The summed E-state index contributed by atoms with van der Waals surface area (Å²) in [6, 6.07) is 80.7. The minimum absolute atomic E-state index is 0.548. The van der Waals surface area contributed by atoms with Crippen LogP contribution in [0.1, 0.15) is 22.3 Å². The summed E-state index contributed by atoms with van der Waals surface area (Å²) in [4.78, 5) is 2.37. The second-order valence-corrected chi connectivity index (χ2v) is 16.4. The third-order valence-electron chi connectivity index (χ3n) is 13.1. The van der Waals surface area contributed by atoms with E-state index in [1.54, 1.807) is 0 Å². The molecule has 0 saturated carbocycles. The summed E-state index contributed by atoms with van der Waals surface area (Å²) in [7, 11) is 0. The van der Waals surface area contributed by atoms with Crippen molar-refractivity contribution >= 4 is 49.8 Å². The van der Waals surface area contributed by atoms with Gasteiger partial charge in [-0.15, -0.1) is 0 Å². The summed E-state index contributed by atoms with van der Waals surface area (Å²) >= 11 is 0. The van der Waals surface area contributed by atoms with Crippen molar-refractivity contribution in [2.45, 2.75) is 5.41 Å². The number of rotatable bonds is 5. The Kier molecular flexibility index (Phi) is 7.52.